The molecule has 1 heterocycles. The molecular formula is C21H21BrIN3O2. The highest BCUT2D eigenvalue weighted by Gasteiger charge is 2.11. The molecule has 3 aromatic rings. The van der Waals surface area contributed by atoms with Gasteiger partial charge in [-0.15, -0.1) is 0 Å². The van der Waals surface area contributed by atoms with Crippen LogP contribution in [0.25, 0.3) is 10.9 Å². The van der Waals surface area contributed by atoms with E-state index in [2.05, 4.69) is 55.5 Å². The summed E-state index contributed by atoms with van der Waals surface area (Å²) in [5.41, 5.74) is 1.44. The smallest absolute Gasteiger partial charge is 0.282 e. The molecule has 28 heavy (non-hydrogen) atoms. The van der Waals surface area contributed by atoms with Gasteiger partial charge in [-0.2, -0.15) is 9.78 Å². The molecule has 146 valence electrons. The summed E-state index contributed by atoms with van der Waals surface area (Å²) < 4.78 is 8.85. The highest BCUT2D eigenvalue weighted by atomic mass is 127. The van der Waals surface area contributed by atoms with Crippen molar-refractivity contribution in [2.45, 2.75) is 33.1 Å². The van der Waals surface area contributed by atoms with Crippen molar-refractivity contribution >= 4 is 55.6 Å². The monoisotopic (exact) mass is 553 g/mol. The standard InChI is InChI=1S/C21H21BrIN3O2/c1-3-5-6-20-25-18-9-8-15(22)12-16(18)21(27)26(20)24-13-14-7-10-19(28-4-2)17(23)11-14/h7-13H,3-6H2,1-2H3. The number of rotatable bonds is 7. The lowest BCUT2D eigenvalue weighted by molar-refractivity contribution is 0.338. The largest absolute Gasteiger partial charge is 0.493 e. The lowest BCUT2D eigenvalue weighted by Gasteiger charge is -2.09. The van der Waals surface area contributed by atoms with Crippen LogP contribution in [0.3, 0.4) is 0 Å². The van der Waals surface area contributed by atoms with Crippen molar-refractivity contribution in [3.63, 3.8) is 0 Å². The molecule has 0 aliphatic heterocycles. The number of aryl methyl sites for hydroxylation is 1. The highest BCUT2D eigenvalue weighted by Crippen LogP contribution is 2.21. The van der Waals surface area contributed by atoms with E-state index >= 15 is 0 Å². The second-order valence-corrected chi connectivity index (χ2v) is 8.36. The lowest BCUT2D eigenvalue weighted by atomic mass is 10.2. The van der Waals surface area contributed by atoms with E-state index in [4.69, 9.17) is 4.74 Å². The Kier molecular flexibility index (Phi) is 7.23. The van der Waals surface area contributed by atoms with Crippen molar-refractivity contribution < 1.29 is 4.74 Å². The zero-order valence-electron chi connectivity index (χ0n) is 15.8. The van der Waals surface area contributed by atoms with Crippen molar-refractivity contribution in [1.82, 2.24) is 9.66 Å². The molecule has 0 amide bonds. The Morgan fingerprint density at radius 2 is 2.07 bits per heavy atom. The first-order valence-electron chi connectivity index (χ1n) is 9.21. The SMILES string of the molecule is CCCCc1nc2ccc(Br)cc2c(=O)n1N=Cc1ccc(OCC)c(I)c1. The molecule has 1 aromatic heterocycles. The first-order valence-corrected chi connectivity index (χ1v) is 11.1. The summed E-state index contributed by atoms with van der Waals surface area (Å²) in [4.78, 5) is 17.7. The minimum absolute atomic E-state index is 0.158. The number of halogens is 2. The number of fused-ring (bicyclic) bond motifs is 1. The van der Waals surface area contributed by atoms with Crippen LogP contribution in [0, 0.1) is 3.57 Å². The molecule has 0 aliphatic rings. The van der Waals surface area contributed by atoms with Crippen LogP contribution in [0.5, 0.6) is 5.75 Å². The van der Waals surface area contributed by atoms with E-state index in [1.165, 1.54) is 4.68 Å². The molecule has 5 nitrogen and oxygen atoms in total. The zero-order chi connectivity index (χ0) is 20.1. The molecule has 0 bridgehead atoms. The fourth-order valence-electron chi connectivity index (χ4n) is 2.80. The van der Waals surface area contributed by atoms with Gasteiger partial charge >= 0.3 is 0 Å². The normalized spacial score (nSPS) is 11.4. The van der Waals surface area contributed by atoms with Gasteiger partial charge in [-0.05, 0) is 77.9 Å². The maximum absolute atomic E-state index is 13.1. The molecule has 0 N–H and O–H groups in total. The average Bonchev–Trinajstić information content (AvgIpc) is 2.68. The van der Waals surface area contributed by atoms with Crippen molar-refractivity contribution in [3.8, 4) is 5.75 Å². The summed E-state index contributed by atoms with van der Waals surface area (Å²) in [7, 11) is 0. The topological polar surface area (TPSA) is 56.5 Å². The van der Waals surface area contributed by atoms with Gasteiger partial charge in [-0.3, -0.25) is 4.79 Å². The fraction of sp³-hybridized carbons (Fsp3) is 0.286. The van der Waals surface area contributed by atoms with E-state index in [1.54, 1.807) is 12.3 Å². The van der Waals surface area contributed by atoms with E-state index < -0.39 is 0 Å². The predicted octanol–water partition coefficient (Wildman–Crippen LogP) is 5.39. The van der Waals surface area contributed by atoms with Crippen LogP contribution in [0.2, 0.25) is 0 Å². The summed E-state index contributed by atoms with van der Waals surface area (Å²) in [6.45, 7) is 4.70. The van der Waals surface area contributed by atoms with Gasteiger partial charge in [0.2, 0.25) is 0 Å². The van der Waals surface area contributed by atoms with Crippen molar-refractivity contribution in [2.75, 3.05) is 6.61 Å². The van der Waals surface area contributed by atoms with Crippen LogP contribution in [0.15, 0.2) is 50.8 Å². The lowest BCUT2D eigenvalue weighted by Crippen LogP contribution is -2.22. The van der Waals surface area contributed by atoms with Crippen LogP contribution in [-0.4, -0.2) is 22.5 Å². The Morgan fingerprint density at radius 3 is 2.79 bits per heavy atom. The van der Waals surface area contributed by atoms with Crippen LogP contribution < -0.4 is 10.3 Å². The number of benzene rings is 2. The molecule has 0 saturated carbocycles. The van der Waals surface area contributed by atoms with E-state index in [1.807, 2.05) is 37.3 Å². The molecule has 0 atom stereocenters. The quantitative estimate of drug-likeness (QED) is 0.291. The number of aromatic nitrogens is 2. The molecule has 2 aromatic carbocycles. The number of ether oxygens (including phenoxy) is 1. The van der Waals surface area contributed by atoms with Gasteiger partial charge in [0, 0.05) is 10.9 Å². The predicted molar refractivity (Wildman–Crippen MR) is 126 cm³/mol. The molecule has 0 saturated heterocycles. The van der Waals surface area contributed by atoms with Crippen molar-refractivity contribution in [1.29, 1.82) is 0 Å². The average molecular weight is 554 g/mol. The molecule has 0 unspecified atom stereocenters. The first kappa shape index (κ1) is 21.0. The highest BCUT2D eigenvalue weighted by molar-refractivity contribution is 14.1. The molecular weight excluding hydrogens is 533 g/mol. The third-order valence-corrected chi connectivity index (χ3v) is 5.54. The van der Waals surface area contributed by atoms with E-state index in [0.29, 0.717) is 29.8 Å². The Balaban J connectivity index is 2.05. The van der Waals surface area contributed by atoms with Crippen LogP contribution in [-0.2, 0) is 6.42 Å². The summed E-state index contributed by atoms with van der Waals surface area (Å²) in [5.74, 6) is 1.52. The van der Waals surface area contributed by atoms with Gasteiger partial charge in [0.15, 0.2) is 0 Å². The Labute approximate surface area is 186 Å². The van der Waals surface area contributed by atoms with E-state index in [9.17, 15) is 4.79 Å². The number of nitrogens with zero attached hydrogens (tertiary/aromatic N) is 3. The summed E-state index contributed by atoms with van der Waals surface area (Å²) >= 11 is 5.67. The molecule has 3 rings (SSSR count). The van der Waals surface area contributed by atoms with Gasteiger partial charge in [-0.1, -0.05) is 29.3 Å². The number of hydrogen-bond acceptors (Lipinski definition) is 4. The van der Waals surface area contributed by atoms with Gasteiger partial charge in [-0.25, -0.2) is 4.98 Å². The second kappa shape index (κ2) is 9.65. The van der Waals surface area contributed by atoms with E-state index in [0.717, 1.165) is 32.2 Å². The number of hydrogen-bond donors (Lipinski definition) is 0. The van der Waals surface area contributed by atoms with Gasteiger partial charge in [0.1, 0.15) is 11.6 Å². The maximum atomic E-state index is 13.1. The number of unbranched alkanes of at least 4 members (excludes halogenated alkanes) is 1. The molecule has 0 spiro atoms. The third-order valence-electron chi connectivity index (χ3n) is 4.21. The Bertz CT molecular complexity index is 1080. The fourth-order valence-corrected chi connectivity index (χ4v) is 3.86. The summed E-state index contributed by atoms with van der Waals surface area (Å²) in [6.07, 6.45) is 4.37. The Hall–Kier alpha value is -1.74. The minimum atomic E-state index is -0.158. The first-order chi connectivity index (χ1) is 13.5. The van der Waals surface area contributed by atoms with Gasteiger partial charge in [0.05, 0.1) is 27.3 Å². The van der Waals surface area contributed by atoms with Crippen molar-refractivity contribution in [2.24, 2.45) is 5.10 Å². The summed E-state index contributed by atoms with van der Waals surface area (Å²) in [6, 6.07) is 11.4. The maximum Gasteiger partial charge on any atom is 0.282 e. The van der Waals surface area contributed by atoms with E-state index in [-0.39, 0.29) is 5.56 Å². The van der Waals surface area contributed by atoms with Crippen LogP contribution in [0.1, 0.15) is 38.1 Å². The van der Waals surface area contributed by atoms with Gasteiger partial charge < -0.3 is 4.74 Å². The summed E-state index contributed by atoms with van der Waals surface area (Å²) in [5, 5.41) is 5.03. The molecule has 0 radical (unpaired) electrons. The van der Waals surface area contributed by atoms with Crippen LogP contribution in [0.4, 0.5) is 0 Å². The third kappa shape index (κ3) is 4.81. The van der Waals surface area contributed by atoms with Crippen molar-refractivity contribution in [3.05, 3.63) is 66.2 Å². The molecule has 7 heteroatoms. The minimum Gasteiger partial charge on any atom is -0.493 e. The molecule has 0 aliphatic carbocycles. The second-order valence-electron chi connectivity index (χ2n) is 6.28. The van der Waals surface area contributed by atoms with Gasteiger partial charge in [0.25, 0.3) is 5.56 Å². The van der Waals surface area contributed by atoms with Crippen LogP contribution >= 0.6 is 38.5 Å². The Morgan fingerprint density at radius 1 is 1.25 bits per heavy atom. The zero-order valence-corrected chi connectivity index (χ0v) is 19.5. The molecule has 0 fully saturated rings.